The van der Waals surface area contributed by atoms with E-state index >= 15 is 0 Å². The Bertz CT molecular complexity index is 447. The van der Waals surface area contributed by atoms with Crippen molar-refractivity contribution >= 4 is 21.8 Å². The van der Waals surface area contributed by atoms with Crippen LogP contribution >= 0.6 is 15.9 Å². The van der Waals surface area contributed by atoms with Crippen molar-refractivity contribution in [3.05, 3.63) is 34.1 Å². The molecule has 2 rings (SSSR count). The maximum absolute atomic E-state index is 13.3. The van der Waals surface area contributed by atoms with Crippen molar-refractivity contribution in [2.24, 2.45) is 5.92 Å². The Morgan fingerprint density at radius 1 is 1.53 bits per heavy atom. The summed E-state index contributed by atoms with van der Waals surface area (Å²) < 4.78 is 13.7. The molecular formula is C14H18BrFN2O. The zero-order chi connectivity index (χ0) is 13.7. The van der Waals surface area contributed by atoms with Gasteiger partial charge in [-0.1, -0.05) is 6.07 Å². The van der Waals surface area contributed by atoms with E-state index in [-0.39, 0.29) is 11.7 Å². The van der Waals surface area contributed by atoms with Gasteiger partial charge in [-0.05, 0) is 65.5 Å². The average molecular weight is 329 g/mol. The first-order valence-electron chi connectivity index (χ1n) is 6.56. The molecule has 2 N–H and O–H groups in total. The molecule has 1 fully saturated rings. The molecule has 3 nitrogen and oxygen atoms in total. The second-order valence-electron chi connectivity index (χ2n) is 4.92. The molecule has 1 atom stereocenters. The SMILES string of the molecule is O=C(CCC1CCNC1)NCc1ccc(Br)c(F)c1. The summed E-state index contributed by atoms with van der Waals surface area (Å²) in [4.78, 5) is 11.7. The van der Waals surface area contributed by atoms with Crippen molar-refractivity contribution in [3.63, 3.8) is 0 Å². The molecule has 1 aromatic carbocycles. The predicted molar refractivity (Wildman–Crippen MR) is 76.2 cm³/mol. The molecule has 1 aliphatic heterocycles. The Kier molecular flexibility index (Phi) is 5.34. The third-order valence-electron chi connectivity index (χ3n) is 3.42. The number of halogens is 2. The summed E-state index contributed by atoms with van der Waals surface area (Å²) in [6, 6.07) is 4.89. The van der Waals surface area contributed by atoms with Crippen LogP contribution in [0.3, 0.4) is 0 Å². The minimum Gasteiger partial charge on any atom is -0.352 e. The molecule has 1 amide bonds. The lowest BCUT2D eigenvalue weighted by atomic mass is 10.0. The molecule has 0 spiro atoms. The van der Waals surface area contributed by atoms with Crippen molar-refractivity contribution in [3.8, 4) is 0 Å². The number of rotatable bonds is 5. The highest BCUT2D eigenvalue weighted by Gasteiger charge is 2.15. The van der Waals surface area contributed by atoms with Gasteiger partial charge in [-0.25, -0.2) is 4.39 Å². The summed E-state index contributed by atoms with van der Waals surface area (Å²) in [5.41, 5.74) is 0.775. The van der Waals surface area contributed by atoms with E-state index in [0.717, 1.165) is 31.5 Å². The van der Waals surface area contributed by atoms with Gasteiger partial charge in [-0.15, -0.1) is 0 Å². The fourth-order valence-electron chi connectivity index (χ4n) is 2.23. The summed E-state index contributed by atoms with van der Waals surface area (Å²) in [7, 11) is 0. The highest BCUT2D eigenvalue weighted by molar-refractivity contribution is 9.10. The predicted octanol–water partition coefficient (Wildman–Crippen LogP) is 2.59. The molecule has 0 aromatic heterocycles. The van der Waals surface area contributed by atoms with Gasteiger partial charge < -0.3 is 10.6 Å². The van der Waals surface area contributed by atoms with Crippen LogP contribution in [0.5, 0.6) is 0 Å². The Labute approximate surface area is 121 Å². The largest absolute Gasteiger partial charge is 0.352 e. The second-order valence-corrected chi connectivity index (χ2v) is 5.78. The van der Waals surface area contributed by atoms with Crippen LogP contribution in [-0.2, 0) is 11.3 Å². The van der Waals surface area contributed by atoms with Crippen LogP contribution in [0.4, 0.5) is 4.39 Å². The van der Waals surface area contributed by atoms with Crippen LogP contribution in [0.2, 0.25) is 0 Å². The van der Waals surface area contributed by atoms with Gasteiger partial charge in [0.25, 0.3) is 0 Å². The molecule has 1 unspecified atom stereocenters. The van der Waals surface area contributed by atoms with E-state index in [9.17, 15) is 9.18 Å². The molecule has 19 heavy (non-hydrogen) atoms. The average Bonchev–Trinajstić information content (AvgIpc) is 2.91. The van der Waals surface area contributed by atoms with Crippen LogP contribution < -0.4 is 10.6 Å². The highest BCUT2D eigenvalue weighted by Crippen LogP contribution is 2.16. The number of amides is 1. The molecule has 1 saturated heterocycles. The zero-order valence-electron chi connectivity index (χ0n) is 10.7. The van der Waals surface area contributed by atoms with Crippen LogP contribution in [0, 0.1) is 11.7 Å². The van der Waals surface area contributed by atoms with Gasteiger partial charge in [-0.3, -0.25) is 4.79 Å². The number of nitrogens with one attached hydrogen (secondary N) is 2. The van der Waals surface area contributed by atoms with Crippen molar-refractivity contribution in [2.45, 2.75) is 25.8 Å². The third kappa shape index (κ3) is 4.58. The molecule has 0 radical (unpaired) electrons. The monoisotopic (exact) mass is 328 g/mol. The van der Waals surface area contributed by atoms with E-state index in [2.05, 4.69) is 26.6 Å². The summed E-state index contributed by atoms with van der Waals surface area (Å²) in [6.07, 6.45) is 2.63. The number of hydrogen-bond donors (Lipinski definition) is 2. The van der Waals surface area contributed by atoms with Crippen molar-refractivity contribution < 1.29 is 9.18 Å². The van der Waals surface area contributed by atoms with E-state index in [0.29, 0.717) is 23.4 Å². The van der Waals surface area contributed by atoms with Crippen LogP contribution in [0.15, 0.2) is 22.7 Å². The van der Waals surface area contributed by atoms with E-state index in [1.54, 1.807) is 12.1 Å². The summed E-state index contributed by atoms with van der Waals surface area (Å²) >= 11 is 3.10. The second kappa shape index (κ2) is 7.01. The Balaban J connectivity index is 1.71. The van der Waals surface area contributed by atoms with E-state index in [4.69, 9.17) is 0 Å². The lowest BCUT2D eigenvalue weighted by Gasteiger charge is -2.09. The summed E-state index contributed by atoms with van der Waals surface area (Å²) in [5, 5.41) is 6.12. The fourth-order valence-corrected chi connectivity index (χ4v) is 2.48. The molecule has 1 aliphatic rings. The minimum absolute atomic E-state index is 0.0372. The number of hydrogen-bond acceptors (Lipinski definition) is 2. The molecule has 1 heterocycles. The summed E-state index contributed by atoms with van der Waals surface area (Å²) in [6.45, 7) is 2.46. The Morgan fingerprint density at radius 2 is 2.37 bits per heavy atom. The van der Waals surface area contributed by atoms with Gasteiger partial charge in [0.05, 0.1) is 4.47 Å². The minimum atomic E-state index is -0.302. The molecule has 0 aliphatic carbocycles. The first-order valence-corrected chi connectivity index (χ1v) is 7.36. The lowest BCUT2D eigenvalue weighted by molar-refractivity contribution is -0.121. The van der Waals surface area contributed by atoms with E-state index in [1.807, 2.05) is 0 Å². The molecule has 0 bridgehead atoms. The quantitative estimate of drug-likeness (QED) is 0.872. The first-order chi connectivity index (χ1) is 9.15. The molecule has 1 aromatic rings. The van der Waals surface area contributed by atoms with Gasteiger partial charge in [0.2, 0.25) is 5.91 Å². The van der Waals surface area contributed by atoms with Crippen molar-refractivity contribution in [1.82, 2.24) is 10.6 Å². The molecule has 104 valence electrons. The smallest absolute Gasteiger partial charge is 0.220 e. The van der Waals surface area contributed by atoms with Crippen molar-refractivity contribution in [2.75, 3.05) is 13.1 Å². The Morgan fingerprint density at radius 3 is 3.05 bits per heavy atom. The maximum atomic E-state index is 13.3. The normalized spacial score (nSPS) is 18.5. The van der Waals surface area contributed by atoms with Gasteiger partial charge in [-0.2, -0.15) is 0 Å². The van der Waals surface area contributed by atoms with Gasteiger partial charge >= 0.3 is 0 Å². The van der Waals surface area contributed by atoms with Gasteiger partial charge in [0, 0.05) is 13.0 Å². The fraction of sp³-hybridized carbons (Fsp3) is 0.500. The standard InChI is InChI=1S/C14H18BrFN2O/c15-12-3-1-11(7-13(12)16)9-18-14(19)4-2-10-5-6-17-8-10/h1,3,7,10,17H,2,4-6,8-9H2,(H,18,19). The molecule has 5 heteroatoms. The van der Waals surface area contributed by atoms with Gasteiger partial charge in [0.1, 0.15) is 5.82 Å². The Hall–Kier alpha value is -0.940. The number of carbonyl (C=O) groups excluding carboxylic acids is 1. The topological polar surface area (TPSA) is 41.1 Å². The number of benzene rings is 1. The zero-order valence-corrected chi connectivity index (χ0v) is 12.3. The molecule has 0 saturated carbocycles. The third-order valence-corrected chi connectivity index (χ3v) is 4.06. The first kappa shape index (κ1) is 14.5. The van der Waals surface area contributed by atoms with Crippen LogP contribution in [0.25, 0.3) is 0 Å². The molecular weight excluding hydrogens is 311 g/mol. The van der Waals surface area contributed by atoms with E-state index < -0.39 is 0 Å². The lowest BCUT2D eigenvalue weighted by Crippen LogP contribution is -2.23. The van der Waals surface area contributed by atoms with Gasteiger partial charge in [0.15, 0.2) is 0 Å². The van der Waals surface area contributed by atoms with E-state index in [1.165, 1.54) is 6.07 Å². The van der Waals surface area contributed by atoms with Crippen molar-refractivity contribution in [1.29, 1.82) is 0 Å². The maximum Gasteiger partial charge on any atom is 0.220 e. The summed E-state index contributed by atoms with van der Waals surface area (Å²) in [5.74, 6) is 0.356. The van der Waals surface area contributed by atoms with Crippen LogP contribution in [0.1, 0.15) is 24.8 Å². The number of carbonyl (C=O) groups is 1. The highest BCUT2D eigenvalue weighted by atomic mass is 79.9. The van der Waals surface area contributed by atoms with Crippen LogP contribution in [-0.4, -0.2) is 19.0 Å².